The molecule has 0 aliphatic rings. The van der Waals surface area contributed by atoms with Crippen molar-refractivity contribution in [2.75, 3.05) is 13.2 Å². The Hall–Kier alpha value is -3.73. The number of rotatable bonds is 11. The molecule has 0 aliphatic heterocycles. The summed E-state index contributed by atoms with van der Waals surface area (Å²) in [4.78, 5) is 21.4. The predicted octanol–water partition coefficient (Wildman–Crippen LogP) is 3.86. The topological polar surface area (TPSA) is 138 Å². The SMILES string of the molecule is CC(C)(Cc1ccc(Oc2ccc(C(N)=O)cn2)cc1)NC[C@@H](O)COc1cccc2[nH]c(=S)[nH]c12. The Kier molecular flexibility index (Phi) is 7.68. The molecule has 1 amide bonds. The Morgan fingerprint density at radius 3 is 2.64 bits per heavy atom. The molecule has 2 aromatic heterocycles. The molecule has 0 spiro atoms. The van der Waals surface area contributed by atoms with Crippen LogP contribution in [0, 0.1) is 4.77 Å². The lowest BCUT2D eigenvalue weighted by Gasteiger charge is -2.28. The van der Waals surface area contributed by atoms with E-state index in [2.05, 4.69) is 34.1 Å². The molecule has 0 saturated heterocycles. The van der Waals surface area contributed by atoms with Crippen LogP contribution in [0.4, 0.5) is 0 Å². The minimum atomic E-state index is -0.689. The second-order valence-electron chi connectivity index (χ2n) is 9.16. The minimum Gasteiger partial charge on any atom is -0.489 e. The van der Waals surface area contributed by atoms with E-state index in [0.29, 0.717) is 34.3 Å². The molecular weight excluding hydrogens is 478 g/mol. The number of imidazole rings is 1. The molecule has 4 rings (SSSR count). The van der Waals surface area contributed by atoms with Gasteiger partial charge in [-0.15, -0.1) is 0 Å². The zero-order chi connectivity index (χ0) is 25.7. The summed E-state index contributed by atoms with van der Waals surface area (Å²) in [6, 6.07) is 16.5. The van der Waals surface area contributed by atoms with Gasteiger partial charge in [0.15, 0.2) is 4.77 Å². The van der Waals surface area contributed by atoms with E-state index in [0.717, 1.165) is 23.0 Å². The number of carbonyl (C=O) groups excluding carboxylic acids is 1. The van der Waals surface area contributed by atoms with Crippen molar-refractivity contribution >= 4 is 29.2 Å². The number of pyridine rings is 1. The highest BCUT2D eigenvalue weighted by Crippen LogP contribution is 2.23. The number of aromatic amines is 2. The lowest BCUT2D eigenvalue weighted by molar-refractivity contribution is 0.0994. The van der Waals surface area contributed by atoms with Crippen molar-refractivity contribution in [3.05, 3.63) is 76.7 Å². The molecule has 188 valence electrons. The number of aliphatic hydroxyl groups is 1. The number of benzene rings is 2. The molecule has 0 fully saturated rings. The molecular formula is C26H29N5O4S. The maximum atomic E-state index is 11.2. The molecule has 2 heterocycles. The molecule has 1 atom stereocenters. The lowest BCUT2D eigenvalue weighted by atomic mass is 9.94. The van der Waals surface area contributed by atoms with Crippen molar-refractivity contribution in [2.24, 2.45) is 5.73 Å². The van der Waals surface area contributed by atoms with Gasteiger partial charge < -0.3 is 35.6 Å². The number of hydrogen-bond donors (Lipinski definition) is 5. The van der Waals surface area contributed by atoms with Crippen LogP contribution in [0.15, 0.2) is 60.8 Å². The predicted molar refractivity (Wildman–Crippen MR) is 140 cm³/mol. The number of amides is 1. The van der Waals surface area contributed by atoms with Gasteiger partial charge in [-0.25, -0.2) is 4.98 Å². The van der Waals surface area contributed by atoms with Crippen LogP contribution < -0.4 is 20.5 Å². The summed E-state index contributed by atoms with van der Waals surface area (Å²) in [6.07, 6.45) is 1.44. The van der Waals surface area contributed by atoms with Crippen molar-refractivity contribution < 1.29 is 19.4 Å². The maximum Gasteiger partial charge on any atom is 0.250 e. The number of nitrogens with two attached hydrogens (primary N) is 1. The van der Waals surface area contributed by atoms with Gasteiger partial charge in [0.2, 0.25) is 11.8 Å². The van der Waals surface area contributed by atoms with E-state index in [1.807, 2.05) is 42.5 Å². The van der Waals surface area contributed by atoms with Gasteiger partial charge in [-0.3, -0.25) is 4.79 Å². The number of ether oxygens (including phenoxy) is 2. The van der Waals surface area contributed by atoms with E-state index in [-0.39, 0.29) is 12.1 Å². The van der Waals surface area contributed by atoms with E-state index in [1.165, 1.54) is 6.20 Å². The van der Waals surface area contributed by atoms with E-state index in [1.54, 1.807) is 12.1 Å². The van der Waals surface area contributed by atoms with E-state index < -0.39 is 12.0 Å². The number of carbonyl (C=O) groups is 1. The third kappa shape index (κ3) is 6.69. The Morgan fingerprint density at radius 1 is 1.17 bits per heavy atom. The molecule has 9 nitrogen and oxygen atoms in total. The van der Waals surface area contributed by atoms with Gasteiger partial charge in [-0.1, -0.05) is 18.2 Å². The van der Waals surface area contributed by atoms with Gasteiger partial charge >= 0.3 is 0 Å². The number of β-amino-alcohol motifs (C(OH)–C–C–N with tert-alkyl or cyclic N) is 1. The van der Waals surface area contributed by atoms with Crippen LogP contribution in [0.2, 0.25) is 0 Å². The van der Waals surface area contributed by atoms with Gasteiger partial charge in [0, 0.05) is 24.3 Å². The van der Waals surface area contributed by atoms with Crippen LogP contribution in [0.1, 0.15) is 29.8 Å². The highest BCUT2D eigenvalue weighted by molar-refractivity contribution is 7.71. The average Bonchev–Trinajstić information content (AvgIpc) is 3.23. The van der Waals surface area contributed by atoms with Crippen LogP contribution in [0.3, 0.4) is 0 Å². The Balaban J connectivity index is 1.26. The van der Waals surface area contributed by atoms with Crippen molar-refractivity contribution in [2.45, 2.75) is 31.9 Å². The first-order chi connectivity index (χ1) is 17.2. The summed E-state index contributed by atoms with van der Waals surface area (Å²) in [5.41, 5.74) is 8.05. The number of hydrogen-bond acceptors (Lipinski definition) is 7. The van der Waals surface area contributed by atoms with Gasteiger partial charge in [0.1, 0.15) is 29.7 Å². The summed E-state index contributed by atoms with van der Waals surface area (Å²) < 4.78 is 12.1. The number of H-pyrrole nitrogens is 2. The van der Waals surface area contributed by atoms with Crippen LogP contribution in [-0.4, -0.2) is 50.8 Å². The number of aromatic nitrogens is 3. The highest BCUT2D eigenvalue weighted by Gasteiger charge is 2.20. The third-order valence-electron chi connectivity index (χ3n) is 5.57. The lowest BCUT2D eigenvalue weighted by Crippen LogP contribution is -2.46. The minimum absolute atomic E-state index is 0.147. The van der Waals surface area contributed by atoms with Gasteiger partial charge in [-0.05, 0) is 68.4 Å². The van der Waals surface area contributed by atoms with Crippen molar-refractivity contribution in [1.29, 1.82) is 0 Å². The third-order valence-corrected chi connectivity index (χ3v) is 5.78. The fourth-order valence-electron chi connectivity index (χ4n) is 3.75. The molecule has 2 aromatic carbocycles. The standard InChI is InChI=1S/C26H29N5O4S/c1-26(2,29-14-18(32)15-34-21-5-3-4-20-23(21)31-25(36)30-20)12-16-6-9-19(10-7-16)35-22-11-8-17(13-28-22)24(27)33/h3-11,13,18,29,32H,12,14-15H2,1-2H3,(H2,27,33)(H2,30,31,36)/t18-/m1/s1. The zero-order valence-corrected chi connectivity index (χ0v) is 20.9. The Bertz CT molecular complexity index is 1380. The summed E-state index contributed by atoms with van der Waals surface area (Å²) in [5, 5.41) is 13.9. The number of primary amides is 1. The summed E-state index contributed by atoms with van der Waals surface area (Å²) in [5.74, 6) is 1.11. The van der Waals surface area contributed by atoms with Crippen molar-refractivity contribution in [3.8, 4) is 17.4 Å². The summed E-state index contributed by atoms with van der Waals surface area (Å²) >= 11 is 5.14. The number of nitrogens with zero attached hydrogens (tertiary/aromatic N) is 1. The number of nitrogens with one attached hydrogen (secondary N) is 3. The summed E-state index contributed by atoms with van der Waals surface area (Å²) in [7, 11) is 0. The summed E-state index contributed by atoms with van der Waals surface area (Å²) in [6.45, 7) is 4.68. The normalized spacial score (nSPS) is 12.4. The molecule has 0 bridgehead atoms. The smallest absolute Gasteiger partial charge is 0.250 e. The number of fused-ring (bicyclic) bond motifs is 1. The second kappa shape index (κ2) is 10.9. The van der Waals surface area contributed by atoms with Crippen LogP contribution in [0.5, 0.6) is 17.4 Å². The Labute approximate surface area is 213 Å². The largest absolute Gasteiger partial charge is 0.489 e. The van der Waals surface area contributed by atoms with Crippen LogP contribution in [0.25, 0.3) is 11.0 Å². The first-order valence-electron chi connectivity index (χ1n) is 11.5. The first kappa shape index (κ1) is 25.4. The Morgan fingerprint density at radius 2 is 1.94 bits per heavy atom. The number of para-hydroxylation sites is 1. The molecule has 6 N–H and O–H groups in total. The molecule has 4 aromatic rings. The number of aliphatic hydroxyl groups excluding tert-OH is 1. The molecule has 36 heavy (non-hydrogen) atoms. The van der Waals surface area contributed by atoms with E-state index >= 15 is 0 Å². The van der Waals surface area contributed by atoms with Gasteiger partial charge in [0.25, 0.3) is 0 Å². The highest BCUT2D eigenvalue weighted by atomic mass is 32.1. The second-order valence-corrected chi connectivity index (χ2v) is 9.57. The quantitative estimate of drug-likeness (QED) is 0.194. The molecule has 0 aliphatic carbocycles. The van der Waals surface area contributed by atoms with Gasteiger partial charge in [0.05, 0.1) is 11.1 Å². The van der Waals surface area contributed by atoms with Gasteiger partial charge in [-0.2, -0.15) is 0 Å². The molecule has 0 saturated carbocycles. The van der Waals surface area contributed by atoms with E-state index in [4.69, 9.17) is 27.4 Å². The monoisotopic (exact) mass is 507 g/mol. The fraction of sp³-hybridized carbons (Fsp3) is 0.269. The van der Waals surface area contributed by atoms with E-state index in [9.17, 15) is 9.90 Å². The van der Waals surface area contributed by atoms with Crippen LogP contribution in [-0.2, 0) is 6.42 Å². The van der Waals surface area contributed by atoms with Crippen molar-refractivity contribution in [1.82, 2.24) is 20.3 Å². The van der Waals surface area contributed by atoms with Crippen LogP contribution >= 0.6 is 12.2 Å². The zero-order valence-electron chi connectivity index (χ0n) is 20.1. The fourth-order valence-corrected chi connectivity index (χ4v) is 3.96. The molecule has 10 heteroatoms. The first-order valence-corrected chi connectivity index (χ1v) is 11.9. The molecule has 0 unspecified atom stereocenters. The van der Waals surface area contributed by atoms with Crippen molar-refractivity contribution in [3.63, 3.8) is 0 Å². The maximum absolute atomic E-state index is 11.2. The average molecular weight is 508 g/mol. The molecule has 0 radical (unpaired) electrons.